The highest BCUT2D eigenvalue weighted by Gasteiger charge is 2.24. The van der Waals surface area contributed by atoms with E-state index >= 15 is 0 Å². The van der Waals surface area contributed by atoms with Crippen LogP contribution in [0, 0.1) is 0 Å². The number of carbonyl (C=O) groups excluding carboxylic acids is 1. The standard InChI is InChI=1S/C25H29NO4S2/c1-28-20-15-21(29-2)23(22(16-20)30-3)17-9-11-26(12-10-17)24(27)18-5-7-19(8-6-18)25-31-13-4-14-32-25/h5-9,15-16,25H,4,10-14H2,1-3H3. The van der Waals surface area contributed by atoms with E-state index in [0.29, 0.717) is 34.9 Å². The topological polar surface area (TPSA) is 48.0 Å². The monoisotopic (exact) mass is 471 g/mol. The van der Waals surface area contributed by atoms with E-state index in [2.05, 4.69) is 18.2 Å². The van der Waals surface area contributed by atoms with Gasteiger partial charge in [0.1, 0.15) is 17.2 Å². The Bertz CT molecular complexity index is 959. The highest BCUT2D eigenvalue weighted by molar-refractivity contribution is 8.16. The number of ether oxygens (including phenoxy) is 3. The number of hydrogen-bond acceptors (Lipinski definition) is 6. The van der Waals surface area contributed by atoms with E-state index < -0.39 is 0 Å². The van der Waals surface area contributed by atoms with Crippen molar-refractivity contribution in [3.63, 3.8) is 0 Å². The molecule has 0 unspecified atom stereocenters. The third kappa shape index (κ3) is 4.89. The molecule has 7 heteroatoms. The second kappa shape index (κ2) is 10.6. The lowest BCUT2D eigenvalue weighted by atomic mass is 9.96. The van der Waals surface area contributed by atoms with Gasteiger partial charge in [-0.15, -0.1) is 23.5 Å². The predicted molar refractivity (Wildman–Crippen MR) is 133 cm³/mol. The molecule has 0 saturated carbocycles. The van der Waals surface area contributed by atoms with E-state index in [1.54, 1.807) is 21.3 Å². The average Bonchev–Trinajstić information content (AvgIpc) is 2.88. The Morgan fingerprint density at radius 2 is 1.62 bits per heavy atom. The minimum atomic E-state index is 0.0736. The first-order chi connectivity index (χ1) is 15.6. The molecule has 5 nitrogen and oxygen atoms in total. The van der Waals surface area contributed by atoms with E-state index in [4.69, 9.17) is 14.2 Å². The van der Waals surface area contributed by atoms with Gasteiger partial charge in [0.2, 0.25) is 0 Å². The van der Waals surface area contributed by atoms with E-state index in [1.807, 2.05) is 52.7 Å². The summed E-state index contributed by atoms with van der Waals surface area (Å²) >= 11 is 3.99. The number of thioether (sulfide) groups is 2. The Morgan fingerprint density at radius 1 is 0.969 bits per heavy atom. The van der Waals surface area contributed by atoms with Gasteiger partial charge >= 0.3 is 0 Å². The van der Waals surface area contributed by atoms with Crippen molar-refractivity contribution in [1.82, 2.24) is 4.90 Å². The quantitative estimate of drug-likeness (QED) is 0.554. The van der Waals surface area contributed by atoms with Crippen LogP contribution >= 0.6 is 23.5 Å². The average molecular weight is 472 g/mol. The molecule has 1 amide bonds. The van der Waals surface area contributed by atoms with E-state index in [9.17, 15) is 4.79 Å². The van der Waals surface area contributed by atoms with Crippen LogP contribution in [0.1, 0.15) is 38.9 Å². The number of benzene rings is 2. The summed E-state index contributed by atoms with van der Waals surface area (Å²) in [6.45, 7) is 1.21. The first-order valence-electron chi connectivity index (χ1n) is 10.8. The minimum absolute atomic E-state index is 0.0736. The van der Waals surface area contributed by atoms with Crippen LogP contribution in [-0.2, 0) is 0 Å². The van der Waals surface area contributed by atoms with E-state index in [-0.39, 0.29) is 5.91 Å². The first-order valence-corrected chi connectivity index (χ1v) is 12.9. The summed E-state index contributed by atoms with van der Waals surface area (Å²) in [6, 6.07) is 11.9. The van der Waals surface area contributed by atoms with Gasteiger partial charge in [-0.05, 0) is 47.6 Å². The van der Waals surface area contributed by atoms with Crippen molar-refractivity contribution in [2.24, 2.45) is 0 Å². The molecule has 1 fully saturated rings. The first kappa shape index (κ1) is 22.9. The van der Waals surface area contributed by atoms with Crippen molar-refractivity contribution >= 4 is 35.0 Å². The summed E-state index contributed by atoms with van der Waals surface area (Å²) in [7, 11) is 4.91. The van der Waals surface area contributed by atoms with Gasteiger partial charge in [-0.2, -0.15) is 0 Å². The summed E-state index contributed by atoms with van der Waals surface area (Å²) in [5.74, 6) is 4.60. The lowest BCUT2D eigenvalue weighted by Gasteiger charge is -2.28. The summed E-state index contributed by atoms with van der Waals surface area (Å²) in [4.78, 5) is 15.0. The van der Waals surface area contributed by atoms with E-state index in [1.165, 1.54) is 23.5 Å². The van der Waals surface area contributed by atoms with Gasteiger partial charge in [0.25, 0.3) is 5.91 Å². The largest absolute Gasteiger partial charge is 0.496 e. The second-order valence-electron chi connectivity index (χ2n) is 7.69. The number of rotatable bonds is 6. The normalized spacial score (nSPS) is 17.0. The summed E-state index contributed by atoms with van der Waals surface area (Å²) in [5.41, 5.74) is 4.09. The third-order valence-corrected chi connectivity index (χ3v) is 8.80. The fourth-order valence-corrected chi connectivity index (χ4v) is 6.94. The summed E-state index contributed by atoms with van der Waals surface area (Å²) in [5, 5.41) is 0. The number of carbonyl (C=O) groups is 1. The van der Waals surface area contributed by atoms with Gasteiger partial charge in [0.05, 0.1) is 31.5 Å². The molecule has 0 spiro atoms. The molecule has 2 aromatic rings. The lowest BCUT2D eigenvalue weighted by Crippen LogP contribution is -2.34. The highest BCUT2D eigenvalue weighted by atomic mass is 32.2. The summed E-state index contributed by atoms with van der Waals surface area (Å²) < 4.78 is 17.0. The van der Waals surface area contributed by atoms with Gasteiger partial charge in [0, 0.05) is 30.8 Å². The predicted octanol–water partition coefficient (Wildman–Crippen LogP) is 5.51. The zero-order chi connectivity index (χ0) is 22.5. The fraction of sp³-hybridized carbons (Fsp3) is 0.400. The fourth-order valence-electron chi connectivity index (χ4n) is 4.05. The van der Waals surface area contributed by atoms with Crippen molar-refractivity contribution in [2.45, 2.75) is 17.4 Å². The maximum atomic E-state index is 13.1. The molecule has 0 radical (unpaired) electrons. The van der Waals surface area contributed by atoms with Crippen molar-refractivity contribution in [3.8, 4) is 17.2 Å². The lowest BCUT2D eigenvalue weighted by molar-refractivity contribution is 0.0773. The number of hydrogen-bond donors (Lipinski definition) is 0. The Balaban J connectivity index is 1.48. The van der Waals surface area contributed by atoms with Gasteiger partial charge in [0.15, 0.2) is 0 Å². The van der Waals surface area contributed by atoms with E-state index in [0.717, 1.165) is 23.1 Å². The zero-order valence-electron chi connectivity index (χ0n) is 18.8. The van der Waals surface area contributed by atoms with Crippen LogP contribution in [0.5, 0.6) is 17.2 Å². The Morgan fingerprint density at radius 3 is 2.16 bits per heavy atom. The van der Waals surface area contributed by atoms with Crippen molar-refractivity contribution in [1.29, 1.82) is 0 Å². The molecule has 1 saturated heterocycles. The van der Waals surface area contributed by atoms with Crippen molar-refractivity contribution in [2.75, 3.05) is 45.9 Å². The van der Waals surface area contributed by atoms with Crippen LogP contribution in [0.15, 0.2) is 42.5 Å². The molecule has 32 heavy (non-hydrogen) atoms. The molecular weight excluding hydrogens is 442 g/mol. The number of methoxy groups -OCH3 is 3. The SMILES string of the molecule is COc1cc(OC)c(C2=CCN(C(=O)c3ccc(C4SCCCS4)cc3)CC2)c(OC)c1. The van der Waals surface area contributed by atoms with Crippen LogP contribution < -0.4 is 14.2 Å². The Kier molecular flexibility index (Phi) is 7.58. The Hall–Kier alpha value is -2.25. The molecule has 2 heterocycles. The van der Waals surface area contributed by atoms with Crippen LogP contribution in [0.3, 0.4) is 0 Å². The second-order valence-corrected chi connectivity index (χ2v) is 10.4. The molecule has 170 valence electrons. The zero-order valence-corrected chi connectivity index (χ0v) is 20.4. The highest BCUT2D eigenvalue weighted by Crippen LogP contribution is 2.44. The molecule has 2 aliphatic heterocycles. The van der Waals surface area contributed by atoms with Crippen molar-refractivity contribution in [3.05, 3.63) is 59.2 Å². The van der Waals surface area contributed by atoms with Crippen LogP contribution in [0.4, 0.5) is 0 Å². The molecule has 2 aromatic carbocycles. The van der Waals surface area contributed by atoms with Crippen molar-refractivity contribution < 1.29 is 19.0 Å². The number of amides is 1. The maximum Gasteiger partial charge on any atom is 0.254 e. The van der Waals surface area contributed by atoms with Gasteiger partial charge in [-0.1, -0.05) is 18.2 Å². The minimum Gasteiger partial charge on any atom is -0.496 e. The molecule has 2 aliphatic rings. The van der Waals surface area contributed by atoms with Crippen LogP contribution in [-0.4, -0.2) is 56.7 Å². The molecule has 4 rings (SSSR count). The smallest absolute Gasteiger partial charge is 0.254 e. The molecule has 0 bridgehead atoms. The molecule has 0 aromatic heterocycles. The van der Waals surface area contributed by atoms with Gasteiger partial charge < -0.3 is 19.1 Å². The molecule has 0 atom stereocenters. The maximum absolute atomic E-state index is 13.1. The number of nitrogens with zero attached hydrogens (tertiary/aromatic N) is 1. The molecular formula is C25H29NO4S2. The van der Waals surface area contributed by atoms with Crippen LogP contribution in [0.25, 0.3) is 5.57 Å². The molecule has 0 N–H and O–H groups in total. The van der Waals surface area contributed by atoms with Gasteiger partial charge in [-0.25, -0.2) is 0 Å². The van der Waals surface area contributed by atoms with Crippen LogP contribution in [0.2, 0.25) is 0 Å². The van der Waals surface area contributed by atoms with Gasteiger partial charge in [-0.3, -0.25) is 4.79 Å². The third-order valence-electron chi connectivity index (χ3n) is 5.79. The molecule has 0 aliphatic carbocycles. The Labute approximate surface area is 198 Å². The summed E-state index contributed by atoms with van der Waals surface area (Å²) in [6.07, 6.45) is 4.11.